The topological polar surface area (TPSA) is 66.9 Å². The van der Waals surface area contributed by atoms with E-state index in [0.717, 1.165) is 33.1 Å². The van der Waals surface area contributed by atoms with E-state index in [-0.39, 0.29) is 22.8 Å². The summed E-state index contributed by atoms with van der Waals surface area (Å²) in [6.45, 7) is 7.80. The maximum absolute atomic E-state index is 13.0. The molecule has 0 radical (unpaired) electrons. The molecule has 1 aliphatic rings. The fourth-order valence-corrected chi connectivity index (χ4v) is 5.47. The summed E-state index contributed by atoms with van der Waals surface area (Å²) in [5, 5.41) is 3.81. The van der Waals surface area contributed by atoms with E-state index in [1.54, 1.807) is 0 Å². The van der Waals surface area contributed by atoms with E-state index < -0.39 is 0 Å². The van der Waals surface area contributed by atoms with Crippen molar-refractivity contribution in [1.82, 2.24) is 14.3 Å². The molecule has 1 amide bonds. The van der Waals surface area contributed by atoms with E-state index in [1.807, 2.05) is 62.3 Å². The number of carbonyl (C=O) groups excluding carboxylic acids is 1. The molecule has 0 atom stereocenters. The summed E-state index contributed by atoms with van der Waals surface area (Å²) >= 11 is 5.36. The van der Waals surface area contributed by atoms with E-state index in [4.69, 9.17) is 0 Å². The first-order valence-electron chi connectivity index (χ1n) is 9.90. The summed E-state index contributed by atoms with van der Waals surface area (Å²) in [7, 11) is 0. The van der Waals surface area contributed by atoms with Crippen LogP contribution < -0.4 is 10.9 Å². The standard InChI is InChI=1S/C23H24BrN3O2S/c1-4-6-23(7-8-23)30-27-9-5-17-18(11-16(24)12-20(17)27)21(28)25-13-19-14(2)10-15(3)26-22(19)29/h4-5,9-12H,1,6-8,13H2,2-3H3,(H,25,28)(H,26,29). The fourth-order valence-electron chi connectivity index (χ4n) is 3.76. The van der Waals surface area contributed by atoms with Crippen LogP contribution in [0.2, 0.25) is 0 Å². The van der Waals surface area contributed by atoms with Crippen LogP contribution >= 0.6 is 27.9 Å². The molecule has 0 saturated heterocycles. The lowest BCUT2D eigenvalue weighted by atomic mass is 10.1. The van der Waals surface area contributed by atoms with Gasteiger partial charge in [0.15, 0.2) is 0 Å². The molecule has 30 heavy (non-hydrogen) atoms. The first-order valence-corrected chi connectivity index (χ1v) is 11.5. The van der Waals surface area contributed by atoms with E-state index in [2.05, 4.69) is 36.8 Å². The molecule has 2 heterocycles. The third-order valence-corrected chi connectivity index (χ3v) is 7.45. The highest BCUT2D eigenvalue weighted by Gasteiger charge is 2.43. The number of allylic oxidation sites excluding steroid dienone is 1. The van der Waals surface area contributed by atoms with Crippen LogP contribution in [0.1, 0.15) is 46.4 Å². The van der Waals surface area contributed by atoms with Gasteiger partial charge >= 0.3 is 0 Å². The zero-order valence-corrected chi connectivity index (χ0v) is 19.5. The van der Waals surface area contributed by atoms with Crippen molar-refractivity contribution in [3.8, 4) is 0 Å². The largest absolute Gasteiger partial charge is 0.348 e. The minimum atomic E-state index is -0.198. The van der Waals surface area contributed by atoms with Crippen LogP contribution in [0.25, 0.3) is 10.9 Å². The van der Waals surface area contributed by atoms with Crippen LogP contribution in [-0.2, 0) is 6.54 Å². The van der Waals surface area contributed by atoms with Gasteiger partial charge in [-0.25, -0.2) is 0 Å². The number of aromatic amines is 1. The molecule has 3 aromatic rings. The smallest absolute Gasteiger partial charge is 0.253 e. The third-order valence-electron chi connectivity index (χ3n) is 5.52. The number of halogens is 1. The molecule has 2 aromatic heterocycles. The zero-order chi connectivity index (χ0) is 21.5. The van der Waals surface area contributed by atoms with Gasteiger partial charge in [0.1, 0.15) is 0 Å². The van der Waals surface area contributed by atoms with Crippen molar-refractivity contribution in [2.24, 2.45) is 0 Å². The van der Waals surface area contributed by atoms with Gasteiger partial charge in [0.2, 0.25) is 0 Å². The van der Waals surface area contributed by atoms with E-state index >= 15 is 0 Å². The van der Waals surface area contributed by atoms with Gasteiger partial charge in [-0.2, -0.15) is 0 Å². The second-order valence-electron chi connectivity index (χ2n) is 7.92. The molecule has 1 aromatic carbocycles. The predicted molar refractivity (Wildman–Crippen MR) is 127 cm³/mol. The van der Waals surface area contributed by atoms with Gasteiger partial charge in [-0.05, 0) is 74.9 Å². The molecule has 0 bridgehead atoms. The average Bonchev–Trinajstić information content (AvgIpc) is 3.32. The van der Waals surface area contributed by atoms with E-state index in [0.29, 0.717) is 11.1 Å². The number of hydrogen-bond donors (Lipinski definition) is 2. The minimum absolute atomic E-state index is 0.160. The van der Waals surface area contributed by atoms with Crippen molar-refractivity contribution in [3.05, 3.63) is 80.3 Å². The van der Waals surface area contributed by atoms with Crippen LogP contribution in [0.5, 0.6) is 0 Å². The molecule has 4 rings (SSSR count). The second-order valence-corrected chi connectivity index (χ2v) is 10.3. The molecule has 1 aliphatic carbocycles. The average molecular weight is 486 g/mol. The number of rotatable bonds is 7. The van der Waals surface area contributed by atoms with E-state index in [1.165, 1.54) is 12.8 Å². The van der Waals surface area contributed by atoms with Crippen LogP contribution in [0.15, 0.2) is 52.4 Å². The van der Waals surface area contributed by atoms with Crippen LogP contribution in [0, 0.1) is 13.8 Å². The number of aromatic nitrogens is 2. The quantitative estimate of drug-likeness (QED) is 0.449. The number of aryl methyl sites for hydroxylation is 2. The molecule has 1 saturated carbocycles. The number of amides is 1. The molecule has 1 fully saturated rings. The Morgan fingerprint density at radius 3 is 2.80 bits per heavy atom. The summed E-state index contributed by atoms with van der Waals surface area (Å²) < 4.78 is 3.23. The molecule has 5 nitrogen and oxygen atoms in total. The Hall–Kier alpha value is -2.25. The number of nitrogens with zero attached hydrogens (tertiary/aromatic N) is 1. The van der Waals surface area contributed by atoms with Gasteiger partial charge in [0.25, 0.3) is 11.5 Å². The van der Waals surface area contributed by atoms with Crippen molar-refractivity contribution >= 4 is 44.7 Å². The molecule has 0 aliphatic heterocycles. The maximum atomic E-state index is 13.0. The van der Waals surface area contributed by atoms with Gasteiger partial charge in [-0.3, -0.25) is 13.6 Å². The lowest BCUT2D eigenvalue weighted by Crippen LogP contribution is -2.28. The zero-order valence-electron chi connectivity index (χ0n) is 17.0. The number of fused-ring (bicyclic) bond motifs is 1. The number of H-pyrrole nitrogens is 1. The Bertz CT molecular complexity index is 1210. The highest BCUT2D eigenvalue weighted by molar-refractivity contribution is 9.10. The highest BCUT2D eigenvalue weighted by atomic mass is 79.9. The second kappa shape index (κ2) is 8.12. The lowest BCUT2D eigenvalue weighted by Gasteiger charge is -2.14. The van der Waals surface area contributed by atoms with Gasteiger partial charge in [0, 0.05) is 44.2 Å². The van der Waals surface area contributed by atoms with Crippen molar-refractivity contribution in [2.45, 2.75) is 44.4 Å². The Balaban J connectivity index is 1.60. The first-order chi connectivity index (χ1) is 14.3. The molecule has 156 valence electrons. The summed E-state index contributed by atoms with van der Waals surface area (Å²) in [5.74, 6) is -0.198. The number of carbonyl (C=O) groups is 1. The van der Waals surface area contributed by atoms with E-state index in [9.17, 15) is 9.59 Å². The number of benzene rings is 1. The van der Waals surface area contributed by atoms with Gasteiger partial charge < -0.3 is 10.3 Å². The lowest BCUT2D eigenvalue weighted by molar-refractivity contribution is 0.0952. The fraction of sp³-hybridized carbons (Fsp3) is 0.304. The number of pyridine rings is 1. The van der Waals surface area contributed by atoms with Crippen LogP contribution in [0.3, 0.4) is 0 Å². The van der Waals surface area contributed by atoms with Gasteiger partial charge in [-0.15, -0.1) is 6.58 Å². The Morgan fingerprint density at radius 1 is 1.37 bits per heavy atom. The monoisotopic (exact) mass is 485 g/mol. The van der Waals surface area contributed by atoms with Crippen molar-refractivity contribution in [3.63, 3.8) is 0 Å². The molecular weight excluding hydrogens is 462 g/mol. The summed E-state index contributed by atoms with van der Waals surface area (Å²) in [5.41, 5.74) is 3.69. The highest BCUT2D eigenvalue weighted by Crippen LogP contribution is 2.52. The van der Waals surface area contributed by atoms with Gasteiger partial charge in [-0.1, -0.05) is 22.0 Å². The van der Waals surface area contributed by atoms with Crippen molar-refractivity contribution in [1.29, 1.82) is 0 Å². The molecular formula is C23H24BrN3O2S. The van der Waals surface area contributed by atoms with Crippen LogP contribution in [0.4, 0.5) is 0 Å². The molecule has 0 unspecified atom stereocenters. The number of hydrogen-bond acceptors (Lipinski definition) is 3. The molecule has 2 N–H and O–H groups in total. The van der Waals surface area contributed by atoms with Gasteiger partial charge in [0.05, 0.1) is 5.52 Å². The Labute approximate surface area is 188 Å². The summed E-state index contributed by atoms with van der Waals surface area (Å²) in [4.78, 5) is 28.0. The summed E-state index contributed by atoms with van der Waals surface area (Å²) in [6.07, 6.45) is 7.33. The maximum Gasteiger partial charge on any atom is 0.253 e. The Morgan fingerprint density at radius 2 is 2.13 bits per heavy atom. The summed E-state index contributed by atoms with van der Waals surface area (Å²) in [6, 6.07) is 7.76. The molecule has 7 heteroatoms. The molecule has 0 spiro atoms. The SMILES string of the molecule is C=CCC1(Sn2ccc3c(C(=O)NCc4c(C)cc(C)[nH]c4=O)cc(Br)cc32)CC1. The van der Waals surface area contributed by atoms with Crippen molar-refractivity contribution in [2.75, 3.05) is 0 Å². The van der Waals surface area contributed by atoms with Crippen LogP contribution in [-0.4, -0.2) is 19.6 Å². The minimum Gasteiger partial charge on any atom is -0.348 e. The van der Waals surface area contributed by atoms with Crippen molar-refractivity contribution < 1.29 is 4.79 Å². The number of nitrogens with one attached hydrogen (secondary N) is 2. The normalized spacial score (nSPS) is 14.6. The first kappa shape index (κ1) is 21.0. The Kier molecular flexibility index (Phi) is 5.68. The third kappa shape index (κ3) is 4.14. The predicted octanol–water partition coefficient (Wildman–Crippen LogP) is 5.24.